The van der Waals surface area contributed by atoms with E-state index in [1.807, 2.05) is 24.3 Å². The molecule has 1 rings (SSSR count). The minimum Gasteiger partial charge on any atom is -0.372 e. The van der Waals surface area contributed by atoms with Crippen molar-refractivity contribution in [3.05, 3.63) is 35.4 Å². The lowest BCUT2D eigenvalue weighted by Crippen LogP contribution is -2.36. The molecule has 0 bridgehead atoms. The Morgan fingerprint density at radius 3 is 1.69 bits per heavy atom. The van der Waals surface area contributed by atoms with Crippen LogP contribution in [0.1, 0.15) is 59.9 Å². The molecular weight excluding hydrogens is 362 g/mol. The van der Waals surface area contributed by atoms with Crippen LogP contribution in [0.25, 0.3) is 6.08 Å². The van der Waals surface area contributed by atoms with Crippen LogP contribution < -0.4 is 15.5 Å². The fourth-order valence-electron chi connectivity index (χ4n) is 2.91. The van der Waals surface area contributed by atoms with E-state index in [0.717, 1.165) is 37.2 Å². The first-order chi connectivity index (χ1) is 13.8. The summed E-state index contributed by atoms with van der Waals surface area (Å²) >= 11 is 0. The normalized spacial score (nSPS) is 10.8. The molecule has 1 aromatic carbocycles. The summed E-state index contributed by atoms with van der Waals surface area (Å²) < 4.78 is 0. The molecule has 0 saturated carbocycles. The topological polar surface area (TPSA) is 61.4 Å². The van der Waals surface area contributed by atoms with Crippen molar-refractivity contribution < 1.29 is 9.59 Å². The molecule has 29 heavy (non-hydrogen) atoms. The number of carbonyl (C=O) groups is 2. The maximum absolute atomic E-state index is 12.7. The second-order valence-corrected chi connectivity index (χ2v) is 8.20. The number of nitrogens with zero attached hydrogens (tertiary/aromatic N) is 1. The van der Waals surface area contributed by atoms with Gasteiger partial charge in [0.25, 0.3) is 11.8 Å². The number of amides is 2. The largest absolute Gasteiger partial charge is 0.372 e. The predicted octanol–water partition coefficient (Wildman–Crippen LogP) is 4.24. The number of benzene rings is 1. The number of rotatable bonds is 12. The molecule has 5 heteroatoms. The summed E-state index contributed by atoms with van der Waals surface area (Å²) in [6.45, 7) is 15.7. The Balaban J connectivity index is 2.98. The Hall–Kier alpha value is -2.30. The maximum Gasteiger partial charge on any atom is 0.256 e. The van der Waals surface area contributed by atoms with E-state index in [1.54, 1.807) is 6.08 Å². The smallest absolute Gasteiger partial charge is 0.256 e. The molecule has 2 N–H and O–H groups in total. The van der Waals surface area contributed by atoms with Gasteiger partial charge in [0, 0.05) is 31.9 Å². The van der Waals surface area contributed by atoms with E-state index < -0.39 is 0 Å². The Kier molecular flexibility index (Phi) is 11.1. The summed E-state index contributed by atoms with van der Waals surface area (Å²) in [5.74, 6) is 0.353. The van der Waals surface area contributed by atoms with E-state index in [0.29, 0.717) is 24.9 Å². The molecule has 0 aliphatic heterocycles. The van der Waals surface area contributed by atoms with E-state index in [-0.39, 0.29) is 17.4 Å². The molecule has 5 nitrogen and oxygen atoms in total. The summed E-state index contributed by atoms with van der Waals surface area (Å²) in [7, 11) is 0. The van der Waals surface area contributed by atoms with Gasteiger partial charge in [0.15, 0.2) is 0 Å². The zero-order valence-electron chi connectivity index (χ0n) is 19.0. The molecule has 0 heterocycles. The molecule has 0 fully saturated rings. The highest BCUT2D eigenvalue weighted by Gasteiger charge is 2.18. The minimum atomic E-state index is -0.319. The fourth-order valence-corrected chi connectivity index (χ4v) is 2.91. The van der Waals surface area contributed by atoms with Crippen molar-refractivity contribution in [2.45, 2.75) is 54.4 Å². The van der Waals surface area contributed by atoms with Gasteiger partial charge in [-0.25, -0.2) is 0 Å². The van der Waals surface area contributed by atoms with Crippen molar-refractivity contribution in [3.8, 4) is 0 Å². The van der Waals surface area contributed by atoms with E-state index in [4.69, 9.17) is 0 Å². The lowest BCUT2D eigenvalue weighted by atomic mass is 10.1. The highest BCUT2D eigenvalue weighted by molar-refractivity contribution is 6.21. The molecule has 162 valence electrons. The van der Waals surface area contributed by atoms with Crippen molar-refractivity contribution >= 4 is 23.6 Å². The van der Waals surface area contributed by atoms with Gasteiger partial charge in [-0.1, -0.05) is 39.8 Å². The third-order valence-electron chi connectivity index (χ3n) is 4.84. The Morgan fingerprint density at radius 1 is 0.862 bits per heavy atom. The summed E-state index contributed by atoms with van der Waals surface area (Å²) in [6.07, 6.45) is 3.44. The first-order valence-electron chi connectivity index (χ1n) is 10.9. The summed E-state index contributed by atoms with van der Waals surface area (Å²) in [6, 6.07) is 7.97. The summed E-state index contributed by atoms with van der Waals surface area (Å²) in [4.78, 5) is 27.6. The number of nitrogens with one attached hydrogen (secondary N) is 2. The maximum atomic E-state index is 12.7. The van der Waals surface area contributed by atoms with Crippen LogP contribution in [0.5, 0.6) is 0 Å². The molecular formula is C24H39N3O2. The van der Waals surface area contributed by atoms with Crippen LogP contribution in [0.2, 0.25) is 0 Å². The molecule has 0 radical (unpaired) electrons. The van der Waals surface area contributed by atoms with Crippen molar-refractivity contribution in [3.63, 3.8) is 0 Å². The van der Waals surface area contributed by atoms with Gasteiger partial charge in [0.2, 0.25) is 0 Å². The predicted molar refractivity (Wildman–Crippen MR) is 123 cm³/mol. The number of hydrogen-bond donors (Lipinski definition) is 2. The van der Waals surface area contributed by atoms with Crippen LogP contribution in [0.15, 0.2) is 29.8 Å². The third kappa shape index (κ3) is 9.16. The van der Waals surface area contributed by atoms with Gasteiger partial charge in [-0.15, -0.1) is 0 Å². The quantitative estimate of drug-likeness (QED) is 0.313. The van der Waals surface area contributed by atoms with Crippen molar-refractivity contribution in [1.82, 2.24) is 10.6 Å². The monoisotopic (exact) mass is 401 g/mol. The molecule has 0 spiro atoms. The molecule has 0 aliphatic rings. The lowest BCUT2D eigenvalue weighted by Gasteiger charge is -2.21. The van der Waals surface area contributed by atoms with Crippen molar-refractivity contribution in [2.24, 2.45) is 11.8 Å². The first-order valence-corrected chi connectivity index (χ1v) is 10.9. The minimum absolute atomic E-state index is 0.160. The average Bonchev–Trinajstić information content (AvgIpc) is 2.67. The molecule has 0 atom stereocenters. The third-order valence-corrected chi connectivity index (χ3v) is 4.84. The van der Waals surface area contributed by atoms with E-state index in [2.05, 4.69) is 57.1 Å². The number of carbonyl (C=O) groups excluding carboxylic acids is 2. The molecule has 0 unspecified atom stereocenters. The molecule has 1 aromatic rings. The van der Waals surface area contributed by atoms with Crippen LogP contribution in [0.4, 0.5) is 5.69 Å². The van der Waals surface area contributed by atoms with Gasteiger partial charge >= 0.3 is 0 Å². The SMILES string of the molecule is CCN(CC)c1ccc(C=C(C(=O)NCCC(C)C)C(=O)NCCC(C)C)cc1. The van der Waals surface area contributed by atoms with Crippen LogP contribution >= 0.6 is 0 Å². The van der Waals surface area contributed by atoms with Gasteiger partial charge in [-0.2, -0.15) is 0 Å². The van der Waals surface area contributed by atoms with Gasteiger partial charge < -0.3 is 15.5 Å². The fraction of sp³-hybridized carbons (Fsp3) is 0.583. The number of hydrogen-bond acceptors (Lipinski definition) is 3. The van der Waals surface area contributed by atoms with Gasteiger partial charge in [0.05, 0.1) is 0 Å². The van der Waals surface area contributed by atoms with E-state index in [9.17, 15) is 9.59 Å². The van der Waals surface area contributed by atoms with Crippen LogP contribution in [0.3, 0.4) is 0 Å². The standard InChI is InChI=1S/C24H39N3O2/c1-7-27(8-2)21-11-9-20(10-12-21)17-22(23(28)25-15-13-18(3)4)24(29)26-16-14-19(5)6/h9-12,17-19H,7-8,13-16H2,1-6H3,(H,25,28)(H,26,29). The first kappa shape index (κ1) is 24.7. The number of anilines is 1. The Bertz CT molecular complexity index is 631. The zero-order chi connectivity index (χ0) is 21.8. The van der Waals surface area contributed by atoms with E-state index in [1.165, 1.54) is 0 Å². The van der Waals surface area contributed by atoms with Crippen LogP contribution in [-0.4, -0.2) is 38.0 Å². The second-order valence-electron chi connectivity index (χ2n) is 8.20. The van der Waals surface area contributed by atoms with Gasteiger partial charge in [-0.05, 0) is 62.3 Å². The summed E-state index contributed by atoms with van der Waals surface area (Å²) in [5.41, 5.74) is 2.14. The second kappa shape index (κ2) is 13.0. The van der Waals surface area contributed by atoms with Crippen LogP contribution in [0, 0.1) is 11.8 Å². The highest BCUT2D eigenvalue weighted by Crippen LogP contribution is 2.17. The van der Waals surface area contributed by atoms with Gasteiger partial charge in [0.1, 0.15) is 5.57 Å². The van der Waals surface area contributed by atoms with Crippen molar-refractivity contribution in [2.75, 3.05) is 31.1 Å². The lowest BCUT2D eigenvalue weighted by molar-refractivity contribution is -0.123. The molecule has 2 amide bonds. The Labute approximate surface area is 176 Å². The van der Waals surface area contributed by atoms with Crippen molar-refractivity contribution in [1.29, 1.82) is 0 Å². The zero-order valence-corrected chi connectivity index (χ0v) is 19.0. The van der Waals surface area contributed by atoms with E-state index >= 15 is 0 Å². The average molecular weight is 402 g/mol. The molecule has 0 aromatic heterocycles. The van der Waals surface area contributed by atoms with Crippen LogP contribution in [-0.2, 0) is 9.59 Å². The highest BCUT2D eigenvalue weighted by atomic mass is 16.2. The molecule has 0 aliphatic carbocycles. The summed E-state index contributed by atoms with van der Waals surface area (Å²) in [5, 5.41) is 5.77. The molecule has 0 saturated heterocycles. The Morgan fingerprint density at radius 2 is 1.31 bits per heavy atom. The van der Waals surface area contributed by atoms with Gasteiger partial charge in [-0.3, -0.25) is 9.59 Å².